The number of hydrogen-bond donors (Lipinski definition) is 2. The molecule has 0 aromatic carbocycles. The summed E-state index contributed by atoms with van der Waals surface area (Å²) in [6, 6.07) is 0.0166. The van der Waals surface area contributed by atoms with Crippen molar-refractivity contribution in [3.8, 4) is 0 Å². The molecule has 7 heteroatoms. The van der Waals surface area contributed by atoms with Crippen molar-refractivity contribution in [2.45, 2.75) is 13.0 Å². The first-order chi connectivity index (χ1) is 7.25. The van der Waals surface area contributed by atoms with E-state index in [0.717, 1.165) is 5.82 Å². The maximum atomic E-state index is 4.15. The third kappa shape index (κ3) is 2.50. The number of H-pyrrole nitrogens is 1. The first-order valence-electron chi connectivity index (χ1n) is 4.35. The van der Waals surface area contributed by atoms with Crippen LogP contribution >= 0.6 is 15.9 Å². The summed E-state index contributed by atoms with van der Waals surface area (Å²) in [5, 5.41) is 9.71. The van der Waals surface area contributed by atoms with E-state index in [2.05, 4.69) is 46.4 Å². The highest BCUT2D eigenvalue weighted by atomic mass is 79.9. The van der Waals surface area contributed by atoms with Gasteiger partial charge in [0, 0.05) is 0 Å². The SMILES string of the molecule is CC(Nc1cnc(Br)cn1)c1ncn[nH]1. The molecule has 2 N–H and O–H groups in total. The normalized spacial score (nSPS) is 12.4. The standard InChI is InChI=1S/C8H9BrN6/c1-5(8-12-4-13-15-8)14-7-3-10-6(9)2-11-7/h2-5H,1H3,(H,11,14)(H,12,13,15). The number of aromatic amines is 1. The second kappa shape index (κ2) is 4.35. The number of nitrogens with one attached hydrogen (secondary N) is 2. The molecule has 2 aromatic heterocycles. The van der Waals surface area contributed by atoms with Crippen LogP contribution in [0.5, 0.6) is 0 Å². The van der Waals surface area contributed by atoms with Crippen LogP contribution in [0.4, 0.5) is 5.82 Å². The number of halogens is 1. The van der Waals surface area contributed by atoms with Gasteiger partial charge in [0.15, 0.2) is 0 Å². The van der Waals surface area contributed by atoms with E-state index in [-0.39, 0.29) is 6.04 Å². The summed E-state index contributed by atoms with van der Waals surface area (Å²) in [4.78, 5) is 12.2. The minimum Gasteiger partial charge on any atom is -0.359 e. The Hall–Kier alpha value is -1.50. The van der Waals surface area contributed by atoms with Crippen LogP contribution in [0, 0.1) is 0 Å². The molecular weight excluding hydrogens is 260 g/mol. The maximum absolute atomic E-state index is 4.15. The van der Waals surface area contributed by atoms with E-state index in [4.69, 9.17) is 0 Å². The van der Waals surface area contributed by atoms with Gasteiger partial charge in [-0.2, -0.15) is 5.10 Å². The number of aromatic nitrogens is 5. The monoisotopic (exact) mass is 268 g/mol. The molecule has 0 saturated heterocycles. The number of rotatable bonds is 3. The molecule has 2 heterocycles. The Morgan fingerprint density at radius 2 is 2.20 bits per heavy atom. The zero-order chi connectivity index (χ0) is 10.7. The van der Waals surface area contributed by atoms with Gasteiger partial charge in [0.25, 0.3) is 0 Å². The van der Waals surface area contributed by atoms with Crippen LogP contribution in [-0.4, -0.2) is 25.1 Å². The van der Waals surface area contributed by atoms with Crippen LogP contribution < -0.4 is 5.32 Å². The van der Waals surface area contributed by atoms with Gasteiger partial charge in [-0.25, -0.2) is 15.0 Å². The second-order valence-corrected chi connectivity index (χ2v) is 3.77. The lowest BCUT2D eigenvalue weighted by Crippen LogP contribution is -2.09. The number of nitrogens with zero attached hydrogens (tertiary/aromatic N) is 4. The Labute approximate surface area is 94.7 Å². The quantitative estimate of drug-likeness (QED) is 0.883. The van der Waals surface area contributed by atoms with Crippen LogP contribution in [0.25, 0.3) is 0 Å². The molecule has 0 fully saturated rings. The van der Waals surface area contributed by atoms with Crippen molar-refractivity contribution in [3.63, 3.8) is 0 Å². The predicted octanol–water partition coefficient (Wildman–Crippen LogP) is 1.53. The van der Waals surface area contributed by atoms with E-state index in [1.807, 2.05) is 6.92 Å². The summed E-state index contributed by atoms with van der Waals surface area (Å²) in [7, 11) is 0. The summed E-state index contributed by atoms with van der Waals surface area (Å²) in [5.41, 5.74) is 0. The van der Waals surface area contributed by atoms with Crippen molar-refractivity contribution in [3.05, 3.63) is 29.1 Å². The summed E-state index contributed by atoms with van der Waals surface area (Å²) in [6.45, 7) is 1.96. The molecule has 6 nitrogen and oxygen atoms in total. The van der Waals surface area contributed by atoms with Crippen molar-refractivity contribution in [2.24, 2.45) is 0 Å². The van der Waals surface area contributed by atoms with E-state index >= 15 is 0 Å². The minimum absolute atomic E-state index is 0.0166. The average Bonchev–Trinajstić information content (AvgIpc) is 2.74. The molecule has 78 valence electrons. The highest BCUT2D eigenvalue weighted by Gasteiger charge is 2.08. The van der Waals surface area contributed by atoms with Crippen molar-refractivity contribution >= 4 is 21.7 Å². The molecule has 2 aromatic rings. The third-order valence-electron chi connectivity index (χ3n) is 1.83. The Kier molecular flexibility index (Phi) is 2.91. The molecule has 0 aliphatic carbocycles. The predicted molar refractivity (Wildman–Crippen MR) is 58.2 cm³/mol. The minimum atomic E-state index is 0.0166. The Morgan fingerprint density at radius 3 is 2.80 bits per heavy atom. The summed E-state index contributed by atoms with van der Waals surface area (Å²) in [5.74, 6) is 1.46. The fourth-order valence-electron chi connectivity index (χ4n) is 1.10. The Bertz CT molecular complexity index is 411. The van der Waals surface area contributed by atoms with Crippen molar-refractivity contribution in [2.75, 3.05) is 5.32 Å². The molecular formula is C8H9BrN6. The zero-order valence-electron chi connectivity index (χ0n) is 7.98. The van der Waals surface area contributed by atoms with Gasteiger partial charge >= 0.3 is 0 Å². The fraction of sp³-hybridized carbons (Fsp3) is 0.250. The fourth-order valence-corrected chi connectivity index (χ4v) is 1.31. The smallest absolute Gasteiger partial charge is 0.146 e. The van der Waals surface area contributed by atoms with E-state index in [9.17, 15) is 0 Å². The molecule has 1 unspecified atom stereocenters. The Morgan fingerprint density at radius 1 is 1.33 bits per heavy atom. The van der Waals surface area contributed by atoms with Crippen molar-refractivity contribution < 1.29 is 0 Å². The molecule has 0 aliphatic heterocycles. The molecule has 15 heavy (non-hydrogen) atoms. The van der Waals surface area contributed by atoms with Gasteiger partial charge in [-0.3, -0.25) is 5.10 Å². The van der Waals surface area contributed by atoms with Gasteiger partial charge in [-0.05, 0) is 22.9 Å². The molecule has 1 atom stereocenters. The highest BCUT2D eigenvalue weighted by molar-refractivity contribution is 9.10. The number of hydrogen-bond acceptors (Lipinski definition) is 5. The van der Waals surface area contributed by atoms with Crippen LogP contribution in [0.15, 0.2) is 23.3 Å². The average molecular weight is 269 g/mol. The lowest BCUT2D eigenvalue weighted by atomic mass is 10.3. The first kappa shape index (κ1) is 10.0. The first-order valence-corrected chi connectivity index (χ1v) is 5.14. The maximum Gasteiger partial charge on any atom is 0.146 e. The molecule has 0 bridgehead atoms. The van der Waals surface area contributed by atoms with Crippen molar-refractivity contribution in [1.29, 1.82) is 0 Å². The van der Waals surface area contributed by atoms with E-state index < -0.39 is 0 Å². The molecule has 0 radical (unpaired) electrons. The molecule has 0 amide bonds. The lowest BCUT2D eigenvalue weighted by Gasteiger charge is -2.10. The van der Waals surface area contributed by atoms with Crippen LogP contribution in [0.1, 0.15) is 18.8 Å². The van der Waals surface area contributed by atoms with Crippen LogP contribution in [0.3, 0.4) is 0 Å². The van der Waals surface area contributed by atoms with E-state index in [0.29, 0.717) is 10.4 Å². The highest BCUT2D eigenvalue weighted by Crippen LogP contribution is 2.13. The van der Waals surface area contributed by atoms with E-state index in [1.165, 1.54) is 6.33 Å². The van der Waals surface area contributed by atoms with Crippen molar-refractivity contribution in [1.82, 2.24) is 25.1 Å². The summed E-state index contributed by atoms with van der Waals surface area (Å²) in [6.07, 6.45) is 4.76. The van der Waals surface area contributed by atoms with E-state index in [1.54, 1.807) is 12.4 Å². The van der Waals surface area contributed by atoms with Gasteiger partial charge < -0.3 is 5.32 Å². The third-order valence-corrected chi connectivity index (χ3v) is 2.24. The molecule has 0 aliphatic rings. The van der Waals surface area contributed by atoms with Gasteiger partial charge in [0.1, 0.15) is 22.6 Å². The summed E-state index contributed by atoms with van der Waals surface area (Å²) >= 11 is 3.22. The Balaban J connectivity index is 2.06. The largest absolute Gasteiger partial charge is 0.359 e. The molecule has 2 rings (SSSR count). The lowest BCUT2D eigenvalue weighted by molar-refractivity contribution is 0.788. The van der Waals surface area contributed by atoms with Gasteiger partial charge in [0.05, 0.1) is 18.4 Å². The number of anilines is 1. The van der Waals surface area contributed by atoms with Gasteiger partial charge in [0.2, 0.25) is 0 Å². The molecule has 0 spiro atoms. The van der Waals surface area contributed by atoms with Crippen LogP contribution in [-0.2, 0) is 0 Å². The zero-order valence-corrected chi connectivity index (χ0v) is 9.56. The van der Waals surface area contributed by atoms with Crippen LogP contribution in [0.2, 0.25) is 0 Å². The topological polar surface area (TPSA) is 79.4 Å². The van der Waals surface area contributed by atoms with Gasteiger partial charge in [-0.1, -0.05) is 0 Å². The molecule has 0 saturated carbocycles. The van der Waals surface area contributed by atoms with Gasteiger partial charge in [-0.15, -0.1) is 0 Å². The summed E-state index contributed by atoms with van der Waals surface area (Å²) < 4.78 is 0.709. The second-order valence-electron chi connectivity index (χ2n) is 2.96.